The minimum absolute atomic E-state index is 0.167. The molecule has 0 fully saturated rings. The lowest BCUT2D eigenvalue weighted by Gasteiger charge is -2.30. The Morgan fingerprint density at radius 1 is 0.927 bits per heavy atom. The van der Waals surface area contributed by atoms with Crippen molar-refractivity contribution < 1.29 is 13.2 Å². The van der Waals surface area contributed by atoms with E-state index in [0.717, 1.165) is 30.6 Å². The number of fused-ring (bicyclic) bond motifs is 1. The van der Waals surface area contributed by atoms with Gasteiger partial charge < -0.3 is 10.6 Å². The van der Waals surface area contributed by atoms with Crippen LogP contribution in [0, 0.1) is 0 Å². The van der Waals surface area contributed by atoms with Crippen molar-refractivity contribution in [3.8, 4) is 0 Å². The highest BCUT2D eigenvalue weighted by molar-refractivity contribution is 7.89. The number of benzene rings is 3. The fourth-order valence-corrected chi connectivity index (χ4v) is 6.37. The molecule has 3 aromatic carbocycles. The first-order chi connectivity index (χ1) is 19.5. The van der Waals surface area contributed by atoms with Crippen molar-refractivity contribution in [2.45, 2.75) is 71.0 Å². The maximum absolute atomic E-state index is 13.4. The Labute approximate surface area is 245 Å². The molecular weight excluding hydrogens is 532 g/mol. The summed E-state index contributed by atoms with van der Waals surface area (Å²) < 4.78 is 28.0. The van der Waals surface area contributed by atoms with Crippen LogP contribution in [0.3, 0.4) is 0 Å². The molecule has 0 bridgehead atoms. The number of hydrogen-bond donors (Lipinski definition) is 2. The van der Waals surface area contributed by atoms with Gasteiger partial charge in [0.15, 0.2) is 0 Å². The second-order valence-corrected chi connectivity index (χ2v) is 13.2. The Bertz CT molecular complexity index is 1490. The number of carbonyl (C=O) groups is 1. The van der Waals surface area contributed by atoms with Gasteiger partial charge in [0.25, 0.3) is 5.91 Å². The molecule has 1 amide bonds. The van der Waals surface area contributed by atoms with Crippen LogP contribution in [-0.4, -0.2) is 49.2 Å². The van der Waals surface area contributed by atoms with E-state index in [0.29, 0.717) is 41.1 Å². The minimum atomic E-state index is -3.70. The Kier molecular flexibility index (Phi) is 9.68. The maximum Gasteiger partial charge on any atom is 0.258 e. The van der Waals surface area contributed by atoms with Gasteiger partial charge in [0.1, 0.15) is 0 Å². The molecule has 0 aliphatic carbocycles. The van der Waals surface area contributed by atoms with Crippen molar-refractivity contribution in [2.75, 3.05) is 24.2 Å². The number of hydrogen-bond acceptors (Lipinski definition) is 5. The normalized spacial score (nSPS) is 14.6. The number of anilines is 2. The second-order valence-electron chi connectivity index (χ2n) is 11.1. The molecule has 3 aromatic rings. The molecule has 0 radical (unpaired) electrons. The summed E-state index contributed by atoms with van der Waals surface area (Å²) in [6, 6.07) is 23.6. The zero-order valence-corrected chi connectivity index (χ0v) is 25.8. The summed E-state index contributed by atoms with van der Waals surface area (Å²) in [5.74, 6) is -0.277. The Hall–Kier alpha value is -3.46. The molecule has 218 valence electrons. The van der Waals surface area contributed by atoms with Crippen LogP contribution in [0.4, 0.5) is 11.4 Å². The van der Waals surface area contributed by atoms with Gasteiger partial charge in [-0.2, -0.15) is 0 Å². The molecule has 4 rings (SSSR count). The van der Waals surface area contributed by atoms with Crippen molar-refractivity contribution in [3.63, 3.8) is 0 Å². The predicted octanol–water partition coefficient (Wildman–Crippen LogP) is 6.66. The smallest absolute Gasteiger partial charge is 0.258 e. The molecule has 1 aliphatic heterocycles. The fourth-order valence-electron chi connectivity index (χ4n) is 5.13. The number of sulfonamides is 1. The van der Waals surface area contributed by atoms with Gasteiger partial charge >= 0.3 is 0 Å². The van der Waals surface area contributed by atoms with E-state index in [4.69, 9.17) is 0 Å². The molecule has 7 nitrogen and oxygen atoms in total. The van der Waals surface area contributed by atoms with Crippen LogP contribution < -0.4 is 10.6 Å². The van der Waals surface area contributed by atoms with E-state index in [-0.39, 0.29) is 10.8 Å². The lowest BCUT2D eigenvalue weighted by atomic mass is 10.00. The summed E-state index contributed by atoms with van der Waals surface area (Å²) in [6.45, 7) is 12.1. The van der Waals surface area contributed by atoms with E-state index in [1.165, 1.54) is 9.87 Å². The quantitative estimate of drug-likeness (QED) is 0.237. The van der Waals surface area contributed by atoms with Gasteiger partial charge in [0.05, 0.1) is 16.2 Å². The van der Waals surface area contributed by atoms with Crippen LogP contribution in [0.25, 0.3) is 11.3 Å². The maximum atomic E-state index is 13.4. The van der Waals surface area contributed by atoms with Gasteiger partial charge in [-0.3, -0.25) is 9.69 Å². The molecular formula is C33H42N4O3S. The first-order valence-corrected chi connectivity index (χ1v) is 15.8. The van der Waals surface area contributed by atoms with Gasteiger partial charge in [-0.25, -0.2) is 12.7 Å². The first kappa shape index (κ1) is 30.5. The van der Waals surface area contributed by atoms with Gasteiger partial charge in [-0.15, -0.1) is 0 Å². The monoisotopic (exact) mass is 574 g/mol. The second kappa shape index (κ2) is 13.0. The number of amides is 1. The molecule has 8 heteroatoms. The standard InChI is InChI=1S/C33H42N4O3S/c1-7-8-20-36(6)41(39,40)28-18-19-30-29(21-28)31(33(38)35-30)32(26-12-10-9-11-13-26)34-27-16-14-25(15-17-27)22-37(23(2)3)24(4)5/h9-19,21,23-24,34H,7-8,20,22H2,1-6H3,(H,35,38)/b32-31-. The van der Waals surface area contributed by atoms with E-state index < -0.39 is 10.0 Å². The molecule has 0 aromatic heterocycles. The average Bonchev–Trinajstić information content (AvgIpc) is 3.28. The number of nitrogens with zero attached hydrogens (tertiary/aromatic N) is 2. The van der Waals surface area contributed by atoms with Crippen LogP contribution in [0.5, 0.6) is 0 Å². The third kappa shape index (κ3) is 6.89. The van der Waals surface area contributed by atoms with Crippen LogP contribution in [-0.2, 0) is 21.4 Å². The van der Waals surface area contributed by atoms with Crippen molar-refractivity contribution >= 4 is 38.6 Å². The van der Waals surface area contributed by atoms with E-state index in [9.17, 15) is 13.2 Å². The predicted molar refractivity (Wildman–Crippen MR) is 169 cm³/mol. The van der Waals surface area contributed by atoms with Crippen LogP contribution in [0.1, 0.15) is 64.2 Å². The van der Waals surface area contributed by atoms with Gasteiger partial charge in [-0.05, 0) is 75.6 Å². The number of unbranched alkanes of at least 4 members (excludes halogenated alkanes) is 1. The van der Waals surface area contributed by atoms with Crippen LogP contribution >= 0.6 is 0 Å². The summed E-state index contributed by atoms with van der Waals surface area (Å²) >= 11 is 0. The molecule has 2 N–H and O–H groups in total. The number of nitrogens with one attached hydrogen (secondary N) is 2. The first-order valence-electron chi connectivity index (χ1n) is 14.4. The zero-order valence-electron chi connectivity index (χ0n) is 24.9. The molecule has 0 saturated carbocycles. The lowest BCUT2D eigenvalue weighted by Crippen LogP contribution is -2.36. The van der Waals surface area contributed by atoms with E-state index in [1.54, 1.807) is 25.2 Å². The number of rotatable bonds is 12. The van der Waals surface area contributed by atoms with E-state index >= 15 is 0 Å². The van der Waals surface area contributed by atoms with Crippen LogP contribution in [0.15, 0.2) is 77.7 Å². The summed E-state index contributed by atoms with van der Waals surface area (Å²) in [5.41, 5.74) is 5.06. The summed E-state index contributed by atoms with van der Waals surface area (Å²) in [4.78, 5) is 16.0. The van der Waals surface area contributed by atoms with Crippen molar-refractivity contribution in [3.05, 3.63) is 89.5 Å². The van der Waals surface area contributed by atoms with E-state index in [1.807, 2.05) is 49.4 Å². The molecule has 1 heterocycles. The zero-order chi connectivity index (χ0) is 29.7. The Morgan fingerprint density at radius 2 is 1.59 bits per heavy atom. The summed E-state index contributed by atoms with van der Waals surface area (Å²) in [5, 5.41) is 6.42. The van der Waals surface area contributed by atoms with Gasteiger partial charge in [0, 0.05) is 49.2 Å². The summed E-state index contributed by atoms with van der Waals surface area (Å²) in [7, 11) is -2.11. The average molecular weight is 575 g/mol. The minimum Gasteiger partial charge on any atom is -0.354 e. The number of carbonyl (C=O) groups excluding carboxylic acids is 1. The highest BCUT2D eigenvalue weighted by Gasteiger charge is 2.31. The third-order valence-electron chi connectivity index (χ3n) is 7.50. The van der Waals surface area contributed by atoms with Gasteiger partial charge in [-0.1, -0.05) is 55.8 Å². The fraction of sp³-hybridized carbons (Fsp3) is 0.364. The van der Waals surface area contributed by atoms with E-state index in [2.05, 4.69) is 55.4 Å². The largest absolute Gasteiger partial charge is 0.354 e. The Morgan fingerprint density at radius 3 is 2.20 bits per heavy atom. The molecule has 0 unspecified atom stereocenters. The SMILES string of the molecule is CCCCN(C)S(=O)(=O)c1ccc2c(c1)/C(=C(/Nc1ccc(CN(C(C)C)C(C)C)cc1)c1ccccc1)C(=O)N2. The van der Waals surface area contributed by atoms with Crippen molar-refractivity contribution in [1.29, 1.82) is 0 Å². The Balaban J connectivity index is 1.74. The molecule has 0 spiro atoms. The molecule has 0 saturated heterocycles. The highest BCUT2D eigenvalue weighted by Crippen LogP contribution is 2.39. The molecule has 0 atom stereocenters. The molecule has 1 aliphatic rings. The molecule has 41 heavy (non-hydrogen) atoms. The third-order valence-corrected chi connectivity index (χ3v) is 9.35. The van der Waals surface area contributed by atoms with Gasteiger partial charge in [0.2, 0.25) is 10.0 Å². The van der Waals surface area contributed by atoms with Crippen LogP contribution in [0.2, 0.25) is 0 Å². The van der Waals surface area contributed by atoms with Crippen molar-refractivity contribution in [1.82, 2.24) is 9.21 Å². The highest BCUT2D eigenvalue weighted by atomic mass is 32.2. The summed E-state index contributed by atoms with van der Waals surface area (Å²) in [6.07, 6.45) is 1.68. The topological polar surface area (TPSA) is 81.8 Å². The van der Waals surface area contributed by atoms with Crippen molar-refractivity contribution in [2.24, 2.45) is 0 Å². The lowest BCUT2D eigenvalue weighted by molar-refractivity contribution is -0.110.